The average molecular weight is 329 g/mol. The second kappa shape index (κ2) is 7.40. The topological polar surface area (TPSA) is 54.5 Å². The number of aromatic nitrogens is 1. The standard InChI is InChI=1S/C18H20FN3O2/c1-24-18(23)14-6-4-13(5-7-14)11-21-15-8-10-22(12-15)17-16(19)3-2-9-20-17/h2-7,9,15,21H,8,10-12H2,1H3. The van der Waals surface area contributed by atoms with Crippen molar-refractivity contribution in [1.82, 2.24) is 10.3 Å². The predicted molar refractivity (Wildman–Crippen MR) is 89.4 cm³/mol. The number of nitrogens with zero attached hydrogens (tertiary/aromatic N) is 2. The van der Waals surface area contributed by atoms with Crippen molar-refractivity contribution in [3.8, 4) is 0 Å². The quantitative estimate of drug-likeness (QED) is 0.854. The first-order valence-corrected chi connectivity index (χ1v) is 7.93. The van der Waals surface area contributed by atoms with Gasteiger partial charge in [-0.25, -0.2) is 14.2 Å². The zero-order valence-corrected chi connectivity index (χ0v) is 13.5. The minimum Gasteiger partial charge on any atom is -0.465 e. The van der Waals surface area contributed by atoms with Crippen LogP contribution in [-0.4, -0.2) is 37.2 Å². The van der Waals surface area contributed by atoms with Crippen LogP contribution in [0.3, 0.4) is 0 Å². The van der Waals surface area contributed by atoms with Crippen LogP contribution < -0.4 is 10.2 Å². The van der Waals surface area contributed by atoms with Crippen LogP contribution in [0, 0.1) is 5.82 Å². The first-order valence-electron chi connectivity index (χ1n) is 7.93. The van der Waals surface area contributed by atoms with Gasteiger partial charge in [0.1, 0.15) is 0 Å². The molecular weight excluding hydrogens is 309 g/mol. The van der Waals surface area contributed by atoms with Crippen LogP contribution in [0.25, 0.3) is 0 Å². The molecule has 126 valence electrons. The van der Waals surface area contributed by atoms with Crippen LogP contribution in [0.1, 0.15) is 22.3 Å². The molecule has 1 atom stereocenters. The summed E-state index contributed by atoms with van der Waals surface area (Å²) < 4.78 is 18.5. The molecule has 1 aliphatic heterocycles. The van der Waals surface area contributed by atoms with Crippen molar-refractivity contribution in [3.05, 3.63) is 59.5 Å². The van der Waals surface area contributed by atoms with Crippen LogP contribution >= 0.6 is 0 Å². The Morgan fingerprint density at radius 1 is 1.38 bits per heavy atom. The molecule has 5 nitrogen and oxygen atoms in total. The summed E-state index contributed by atoms with van der Waals surface area (Å²) in [4.78, 5) is 17.5. The van der Waals surface area contributed by atoms with E-state index in [1.807, 2.05) is 17.0 Å². The van der Waals surface area contributed by atoms with Crippen LogP contribution in [0.2, 0.25) is 0 Å². The van der Waals surface area contributed by atoms with Gasteiger partial charge >= 0.3 is 5.97 Å². The number of carbonyl (C=O) groups excluding carboxylic acids is 1. The highest BCUT2D eigenvalue weighted by Crippen LogP contribution is 2.21. The molecule has 1 fully saturated rings. The summed E-state index contributed by atoms with van der Waals surface area (Å²) in [5.74, 6) is -0.195. The number of anilines is 1. The number of methoxy groups -OCH3 is 1. The number of halogens is 1. The molecule has 1 unspecified atom stereocenters. The number of carbonyl (C=O) groups is 1. The third kappa shape index (κ3) is 3.71. The second-order valence-corrected chi connectivity index (χ2v) is 5.81. The Hall–Kier alpha value is -2.47. The maximum Gasteiger partial charge on any atom is 0.337 e. The van der Waals surface area contributed by atoms with Crippen LogP contribution in [0.5, 0.6) is 0 Å². The van der Waals surface area contributed by atoms with Gasteiger partial charge in [-0.2, -0.15) is 0 Å². The summed E-state index contributed by atoms with van der Waals surface area (Å²) in [6, 6.07) is 10.6. The normalized spacial score (nSPS) is 17.1. The maximum atomic E-state index is 13.8. The Kier molecular flexibility index (Phi) is 5.05. The molecule has 1 aromatic carbocycles. The number of hydrogen-bond donors (Lipinski definition) is 1. The van der Waals surface area contributed by atoms with E-state index in [1.54, 1.807) is 24.4 Å². The summed E-state index contributed by atoms with van der Waals surface area (Å²) in [6.45, 7) is 2.21. The largest absolute Gasteiger partial charge is 0.465 e. The summed E-state index contributed by atoms with van der Waals surface area (Å²) in [6.07, 6.45) is 2.55. The highest BCUT2D eigenvalue weighted by atomic mass is 19.1. The first kappa shape index (κ1) is 16.4. The molecule has 0 bridgehead atoms. The van der Waals surface area contributed by atoms with E-state index >= 15 is 0 Å². The number of pyridine rings is 1. The Balaban J connectivity index is 1.53. The monoisotopic (exact) mass is 329 g/mol. The van der Waals surface area contributed by atoms with Crippen molar-refractivity contribution in [2.75, 3.05) is 25.1 Å². The number of ether oxygens (including phenoxy) is 1. The predicted octanol–water partition coefficient (Wildman–Crippen LogP) is 2.38. The van der Waals surface area contributed by atoms with E-state index in [1.165, 1.54) is 13.2 Å². The number of benzene rings is 1. The number of nitrogens with one attached hydrogen (secondary N) is 1. The van der Waals surface area contributed by atoms with Crippen LogP contribution in [-0.2, 0) is 11.3 Å². The van der Waals surface area contributed by atoms with E-state index in [2.05, 4.69) is 15.0 Å². The Morgan fingerprint density at radius 3 is 2.88 bits per heavy atom. The molecular formula is C18H20FN3O2. The van der Waals surface area contributed by atoms with E-state index in [9.17, 15) is 9.18 Å². The highest BCUT2D eigenvalue weighted by molar-refractivity contribution is 5.89. The maximum absolute atomic E-state index is 13.8. The lowest BCUT2D eigenvalue weighted by atomic mass is 10.1. The third-order valence-electron chi connectivity index (χ3n) is 4.20. The van der Waals surface area contributed by atoms with Crippen molar-refractivity contribution < 1.29 is 13.9 Å². The molecule has 24 heavy (non-hydrogen) atoms. The van der Waals surface area contributed by atoms with Crippen molar-refractivity contribution >= 4 is 11.8 Å². The highest BCUT2D eigenvalue weighted by Gasteiger charge is 2.24. The van der Waals surface area contributed by atoms with Gasteiger partial charge in [-0.05, 0) is 36.2 Å². The van der Waals surface area contributed by atoms with Gasteiger partial charge in [0.05, 0.1) is 12.7 Å². The SMILES string of the molecule is COC(=O)c1ccc(CNC2CCN(c3ncccc3F)C2)cc1. The number of rotatable bonds is 5. The number of hydrogen-bond acceptors (Lipinski definition) is 5. The molecule has 0 aliphatic carbocycles. The summed E-state index contributed by atoms with van der Waals surface area (Å²) in [7, 11) is 1.37. The second-order valence-electron chi connectivity index (χ2n) is 5.81. The Morgan fingerprint density at radius 2 is 2.17 bits per heavy atom. The van der Waals surface area contributed by atoms with E-state index in [0.717, 1.165) is 25.1 Å². The molecule has 1 aromatic heterocycles. The molecule has 1 N–H and O–H groups in total. The smallest absolute Gasteiger partial charge is 0.337 e. The molecule has 3 rings (SSSR count). The van der Waals surface area contributed by atoms with Crippen LogP contribution in [0.15, 0.2) is 42.6 Å². The van der Waals surface area contributed by atoms with Crippen molar-refractivity contribution in [3.63, 3.8) is 0 Å². The van der Waals surface area contributed by atoms with Crippen molar-refractivity contribution in [1.29, 1.82) is 0 Å². The van der Waals surface area contributed by atoms with E-state index < -0.39 is 0 Å². The molecule has 0 radical (unpaired) electrons. The van der Waals surface area contributed by atoms with E-state index in [0.29, 0.717) is 17.9 Å². The van der Waals surface area contributed by atoms with Gasteiger partial charge < -0.3 is 15.0 Å². The summed E-state index contributed by atoms with van der Waals surface area (Å²) >= 11 is 0. The lowest BCUT2D eigenvalue weighted by molar-refractivity contribution is 0.0600. The molecule has 6 heteroatoms. The van der Waals surface area contributed by atoms with E-state index in [-0.39, 0.29) is 17.8 Å². The molecule has 2 heterocycles. The summed E-state index contributed by atoms with van der Waals surface area (Å²) in [5, 5.41) is 3.47. The lowest BCUT2D eigenvalue weighted by Gasteiger charge is -2.18. The van der Waals surface area contributed by atoms with Crippen molar-refractivity contribution in [2.45, 2.75) is 19.0 Å². The molecule has 1 aliphatic rings. The first-order chi connectivity index (χ1) is 11.7. The molecule has 1 saturated heterocycles. The van der Waals surface area contributed by atoms with Gasteiger partial charge in [-0.15, -0.1) is 0 Å². The van der Waals surface area contributed by atoms with Gasteiger partial charge in [0.2, 0.25) is 0 Å². The van der Waals surface area contributed by atoms with Gasteiger partial charge in [-0.1, -0.05) is 12.1 Å². The van der Waals surface area contributed by atoms with Crippen LogP contribution in [0.4, 0.5) is 10.2 Å². The van der Waals surface area contributed by atoms with Gasteiger partial charge in [0, 0.05) is 31.9 Å². The number of esters is 1. The fourth-order valence-electron chi connectivity index (χ4n) is 2.87. The van der Waals surface area contributed by atoms with Gasteiger partial charge in [0.15, 0.2) is 11.6 Å². The zero-order chi connectivity index (χ0) is 16.9. The van der Waals surface area contributed by atoms with E-state index in [4.69, 9.17) is 0 Å². The minimum atomic E-state index is -0.335. The van der Waals surface area contributed by atoms with Gasteiger partial charge in [0.25, 0.3) is 0 Å². The molecule has 0 spiro atoms. The minimum absolute atomic E-state index is 0.281. The molecule has 0 saturated carbocycles. The molecule has 0 amide bonds. The summed E-state index contributed by atoms with van der Waals surface area (Å²) in [5.41, 5.74) is 1.63. The fraction of sp³-hybridized carbons (Fsp3) is 0.333. The lowest BCUT2D eigenvalue weighted by Crippen LogP contribution is -2.32. The zero-order valence-electron chi connectivity index (χ0n) is 13.5. The molecule has 2 aromatic rings. The average Bonchev–Trinajstić information content (AvgIpc) is 3.09. The van der Waals surface area contributed by atoms with Crippen molar-refractivity contribution in [2.24, 2.45) is 0 Å². The van der Waals surface area contributed by atoms with Gasteiger partial charge in [-0.3, -0.25) is 0 Å². The fourth-order valence-corrected chi connectivity index (χ4v) is 2.87. The third-order valence-corrected chi connectivity index (χ3v) is 4.20. The Bertz CT molecular complexity index is 706. The Labute approximate surface area is 140 Å².